The lowest BCUT2D eigenvalue weighted by Crippen LogP contribution is -2.55. The number of carbonyl (C=O) groups excluding carboxylic acids is 2. The molecule has 0 saturated carbocycles. The molecule has 170 valence electrons. The molecule has 0 bridgehead atoms. The molecule has 4 rings (SSSR count). The summed E-state index contributed by atoms with van der Waals surface area (Å²) in [5, 5.41) is 9.09. The van der Waals surface area contributed by atoms with Crippen molar-refractivity contribution in [1.82, 2.24) is 15.6 Å². The van der Waals surface area contributed by atoms with Crippen LogP contribution >= 0.6 is 0 Å². The number of halogens is 1. The summed E-state index contributed by atoms with van der Waals surface area (Å²) < 4.78 is 18.4. The van der Waals surface area contributed by atoms with E-state index < -0.39 is 12.1 Å². The van der Waals surface area contributed by atoms with Gasteiger partial charge in [-0.2, -0.15) is 0 Å². The number of amides is 2. The molecule has 7 nitrogen and oxygen atoms in total. The molecule has 3 atom stereocenters. The Kier molecular flexibility index (Phi) is 6.95. The predicted molar refractivity (Wildman–Crippen MR) is 123 cm³/mol. The summed E-state index contributed by atoms with van der Waals surface area (Å²) in [4.78, 5) is 29.7. The van der Waals surface area contributed by atoms with Gasteiger partial charge in [0.15, 0.2) is 5.78 Å². The molecule has 3 unspecified atom stereocenters. The highest BCUT2D eigenvalue weighted by molar-refractivity contribution is 6.00. The summed E-state index contributed by atoms with van der Waals surface area (Å²) in [6.07, 6.45) is 3.58. The number of benzene rings is 2. The number of ketones is 1. The van der Waals surface area contributed by atoms with Crippen LogP contribution in [0.15, 0.2) is 73.1 Å². The van der Waals surface area contributed by atoms with Crippen molar-refractivity contribution in [2.45, 2.75) is 24.4 Å². The maximum absolute atomic E-state index is 13.2. The molecular formula is C25H25FN4O3. The number of hydrogen-bond donors (Lipinski definition) is 3. The molecular weight excluding hydrogens is 423 g/mol. The number of rotatable bonds is 6. The Morgan fingerprint density at radius 2 is 1.73 bits per heavy atom. The van der Waals surface area contributed by atoms with E-state index in [9.17, 15) is 14.0 Å². The third-order valence-electron chi connectivity index (χ3n) is 5.80. The van der Waals surface area contributed by atoms with Crippen molar-refractivity contribution in [3.63, 3.8) is 0 Å². The van der Waals surface area contributed by atoms with Crippen molar-refractivity contribution in [1.29, 1.82) is 0 Å². The Balaban J connectivity index is 1.52. The highest BCUT2D eigenvalue weighted by atomic mass is 19.1. The second-order valence-corrected chi connectivity index (χ2v) is 7.89. The lowest BCUT2D eigenvalue weighted by atomic mass is 9.82. The van der Waals surface area contributed by atoms with Gasteiger partial charge in [-0.3, -0.25) is 9.78 Å². The molecule has 1 fully saturated rings. The van der Waals surface area contributed by atoms with Crippen molar-refractivity contribution < 1.29 is 18.7 Å². The maximum atomic E-state index is 13.2. The van der Waals surface area contributed by atoms with Crippen LogP contribution in [0.5, 0.6) is 5.75 Å². The van der Waals surface area contributed by atoms with Gasteiger partial charge in [0.1, 0.15) is 11.6 Å². The first-order chi connectivity index (χ1) is 16.0. The number of ether oxygens (including phenoxy) is 1. The number of urea groups is 1. The first-order valence-electron chi connectivity index (χ1n) is 10.7. The van der Waals surface area contributed by atoms with Gasteiger partial charge in [-0.05, 0) is 60.5 Å². The van der Waals surface area contributed by atoms with E-state index in [2.05, 4.69) is 20.9 Å². The average Bonchev–Trinajstić information content (AvgIpc) is 2.85. The third-order valence-corrected chi connectivity index (χ3v) is 5.80. The van der Waals surface area contributed by atoms with Gasteiger partial charge in [0.25, 0.3) is 0 Å². The highest BCUT2D eigenvalue weighted by Crippen LogP contribution is 2.28. The van der Waals surface area contributed by atoms with Crippen molar-refractivity contribution in [3.05, 3.63) is 90.0 Å². The van der Waals surface area contributed by atoms with Crippen LogP contribution in [0.2, 0.25) is 0 Å². The lowest BCUT2D eigenvalue weighted by Gasteiger charge is -2.37. The molecule has 1 aliphatic heterocycles. The minimum atomic E-state index is -0.446. The fraction of sp³-hybridized carbons (Fsp3) is 0.240. The molecule has 0 spiro atoms. The number of nitrogens with zero attached hydrogens (tertiary/aromatic N) is 1. The number of aromatic nitrogens is 1. The average molecular weight is 448 g/mol. The zero-order valence-electron chi connectivity index (χ0n) is 18.1. The van der Waals surface area contributed by atoms with Crippen LogP contribution in [-0.4, -0.2) is 42.5 Å². The van der Waals surface area contributed by atoms with Crippen molar-refractivity contribution in [3.8, 4) is 5.75 Å². The van der Waals surface area contributed by atoms with Gasteiger partial charge >= 0.3 is 6.03 Å². The Morgan fingerprint density at radius 1 is 1.03 bits per heavy atom. The fourth-order valence-corrected chi connectivity index (χ4v) is 4.06. The van der Waals surface area contributed by atoms with Gasteiger partial charge in [0.05, 0.1) is 13.2 Å². The molecule has 8 heteroatoms. The Labute approximate surface area is 191 Å². The number of pyridine rings is 1. The molecule has 2 aromatic carbocycles. The smallest absolute Gasteiger partial charge is 0.319 e. The number of carbonyl (C=O) groups is 2. The van der Waals surface area contributed by atoms with E-state index >= 15 is 0 Å². The first-order valence-corrected chi connectivity index (χ1v) is 10.7. The van der Waals surface area contributed by atoms with E-state index in [1.165, 1.54) is 24.3 Å². The van der Waals surface area contributed by atoms with Gasteiger partial charge in [0.2, 0.25) is 0 Å². The number of Topliss-reactive ketones (excluding diaryl/α,β-unsaturated/α-hetero) is 1. The Hall–Kier alpha value is -3.78. The zero-order valence-corrected chi connectivity index (χ0v) is 18.1. The number of nitrogens with one attached hydrogen (secondary N) is 3. The van der Waals surface area contributed by atoms with E-state index in [-0.39, 0.29) is 23.6 Å². The Bertz CT molecular complexity index is 1090. The van der Waals surface area contributed by atoms with Gasteiger partial charge in [0, 0.05) is 42.1 Å². The molecule has 2 amide bonds. The van der Waals surface area contributed by atoms with E-state index in [4.69, 9.17) is 4.74 Å². The maximum Gasteiger partial charge on any atom is 0.319 e. The molecule has 3 N–H and O–H groups in total. The van der Waals surface area contributed by atoms with Gasteiger partial charge < -0.3 is 20.7 Å². The van der Waals surface area contributed by atoms with Crippen molar-refractivity contribution in [2.75, 3.05) is 19.0 Å². The topological polar surface area (TPSA) is 92.3 Å². The van der Waals surface area contributed by atoms with Gasteiger partial charge in [-0.25, -0.2) is 9.18 Å². The molecule has 0 radical (unpaired) electrons. The number of hydrogen-bond acceptors (Lipinski definition) is 5. The second-order valence-electron chi connectivity index (χ2n) is 7.89. The highest BCUT2D eigenvalue weighted by Gasteiger charge is 2.35. The van der Waals surface area contributed by atoms with Crippen LogP contribution in [-0.2, 0) is 0 Å². The summed E-state index contributed by atoms with van der Waals surface area (Å²) in [5.41, 5.74) is 2.07. The SMILES string of the molecule is COc1ccc(C2CNC(C(=O)c3ccncc3)CC2NC(=O)Nc2ccc(F)cc2)cc1. The summed E-state index contributed by atoms with van der Waals surface area (Å²) in [6, 6.07) is 15.4. The van der Waals surface area contributed by atoms with Crippen LogP contribution < -0.4 is 20.7 Å². The largest absolute Gasteiger partial charge is 0.497 e. The molecule has 0 aliphatic carbocycles. The fourth-order valence-electron chi connectivity index (χ4n) is 4.06. The van der Waals surface area contributed by atoms with Crippen molar-refractivity contribution in [2.24, 2.45) is 0 Å². The van der Waals surface area contributed by atoms with Crippen LogP contribution in [0.4, 0.5) is 14.9 Å². The van der Waals surface area contributed by atoms with Crippen LogP contribution in [0, 0.1) is 5.82 Å². The van der Waals surface area contributed by atoms with E-state index in [1.54, 1.807) is 31.6 Å². The van der Waals surface area contributed by atoms with Gasteiger partial charge in [-0.15, -0.1) is 0 Å². The van der Waals surface area contributed by atoms with E-state index in [1.807, 2.05) is 24.3 Å². The minimum absolute atomic E-state index is 0.0451. The lowest BCUT2D eigenvalue weighted by molar-refractivity contribution is 0.0910. The second kappa shape index (κ2) is 10.2. The monoisotopic (exact) mass is 448 g/mol. The van der Waals surface area contributed by atoms with Gasteiger partial charge in [-0.1, -0.05) is 12.1 Å². The normalized spacial score (nSPS) is 20.0. The van der Waals surface area contributed by atoms with Crippen LogP contribution in [0.3, 0.4) is 0 Å². The van der Waals surface area contributed by atoms with Crippen LogP contribution in [0.25, 0.3) is 0 Å². The van der Waals surface area contributed by atoms with Crippen LogP contribution in [0.1, 0.15) is 28.3 Å². The Morgan fingerprint density at radius 3 is 2.39 bits per heavy atom. The molecule has 1 aliphatic rings. The molecule has 2 heterocycles. The molecule has 3 aromatic rings. The summed E-state index contributed by atoms with van der Waals surface area (Å²) >= 11 is 0. The molecule has 33 heavy (non-hydrogen) atoms. The van der Waals surface area contributed by atoms with E-state index in [0.29, 0.717) is 24.2 Å². The summed E-state index contributed by atoms with van der Waals surface area (Å²) in [6.45, 7) is 0.509. The number of piperidine rings is 1. The quantitative estimate of drug-likeness (QED) is 0.500. The van der Waals surface area contributed by atoms with E-state index in [0.717, 1.165) is 11.3 Å². The first kappa shape index (κ1) is 22.4. The molecule has 1 saturated heterocycles. The molecule has 1 aromatic heterocycles. The number of anilines is 1. The van der Waals surface area contributed by atoms with Crippen molar-refractivity contribution >= 4 is 17.5 Å². The predicted octanol–water partition coefficient (Wildman–Crippen LogP) is 3.75. The minimum Gasteiger partial charge on any atom is -0.497 e. The summed E-state index contributed by atoms with van der Waals surface area (Å²) in [5.74, 6) is 0.260. The number of methoxy groups -OCH3 is 1. The third kappa shape index (κ3) is 5.53. The summed E-state index contributed by atoms with van der Waals surface area (Å²) in [7, 11) is 1.61. The standard InChI is InChI=1S/C25H25FN4O3/c1-33-20-8-2-16(3-9-20)21-15-28-23(24(31)17-10-12-27-13-11-17)14-22(21)30-25(32)29-19-6-4-18(26)5-7-19/h2-13,21-23,28H,14-15H2,1H3,(H2,29,30,32). The zero-order chi connectivity index (χ0) is 23.2.